The first-order valence-electron chi connectivity index (χ1n) is 3.58. The Labute approximate surface area is 66.9 Å². The van der Waals surface area contributed by atoms with Crippen molar-refractivity contribution in [1.82, 2.24) is 0 Å². The van der Waals surface area contributed by atoms with E-state index in [4.69, 9.17) is 0 Å². The van der Waals surface area contributed by atoms with Crippen molar-refractivity contribution in [3.05, 3.63) is 17.0 Å². The Morgan fingerprint density at radius 2 is 1.80 bits per heavy atom. The van der Waals surface area contributed by atoms with Gasteiger partial charge < -0.3 is 0 Å². The second-order valence-corrected chi connectivity index (χ2v) is 5.76. The molecule has 0 heterocycles. The first-order chi connectivity index (χ1) is 4.42. The summed E-state index contributed by atoms with van der Waals surface area (Å²) in [4.78, 5) is 0. The molecule has 0 nitrogen and oxygen atoms in total. The highest BCUT2D eigenvalue weighted by molar-refractivity contribution is 6.45. The van der Waals surface area contributed by atoms with Crippen molar-refractivity contribution in [2.75, 3.05) is 0 Å². The van der Waals surface area contributed by atoms with E-state index >= 15 is 0 Å². The molecule has 56 valence electrons. The van der Waals surface area contributed by atoms with Crippen LogP contribution in [0.1, 0.15) is 34.6 Å². The first-order valence-corrected chi connectivity index (χ1v) is 4.65. The SMILES string of the molecule is CC(C)=C=C[Si]C(C)(C)C. The standard InChI is InChI=1S/C9H16Si/c1-8(2)6-7-10-9(3,4)5/h7H,1-5H3. The van der Waals surface area contributed by atoms with Crippen molar-refractivity contribution in [3.63, 3.8) is 0 Å². The van der Waals surface area contributed by atoms with Gasteiger partial charge in [-0.3, -0.25) is 0 Å². The molecule has 0 amide bonds. The molecule has 0 aliphatic heterocycles. The topological polar surface area (TPSA) is 0 Å². The fourth-order valence-corrected chi connectivity index (χ4v) is 1.19. The molecule has 0 spiro atoms. The molecule has 0 aromatic rings. The maximum absolute atomic E-state index is 3.21. The zero-order valence-corrected chi connectivity index (χ0v) is 8.58. The van der Waals surface area contributed by atoms with E-state index in [0.29, 0.717) is 5.04 Å². The van der Waals surface area contributed by atoms with Crippen LogP contribution in [0, 0.1) is 0 Å². The number of hydrogen-bond acceptors (Lipinski definition) is 0. The summed E-state index contributed by atoms with van der Waals surface area (Å²) in [5.41, 5.74) is 6.62. The molecule has 0 atom stereocenters. The van der Waals surface area contributed by atoms with Crippen molar-refractivity contribution in [2.45, 2.75) is 39.7 Å². The fraction of sp³-hybridized carbons (Fsp3) is 0.667. The van der Waals surface area contributed by atoms with E-state index in [1.807, 2.05) is 0 Å². The minimum absolute atomic E-state index is 0.433. The molecule has 0 aromatic carbocycles. The van der Waals surface area contributed by atoms with Gasteiger partial charge in [0.25, 0.3) is 0 Å². The molecular formula is C9H16Si. The predicted molar refractivity (Wildman–Crippen MR) is 48.4 cm³/mol. The average molecular weight is 152 g/mol. The molecule has 2 radical (unpaired) electrons. The minimum atomic E-state index is 0.433. The monoisotopic (exact) mass is 152 g/mol. The van der Waals surface area contributed by atoms with Crippen LogP contribution in [0.5, 0.6) is 0 Å². The number of allylic oxidation sites excluding steroid dienone is 1. The lowest BCUT2D eigenvalue weighted by molar-refractivity contribution is 0.759. The van der Waals surface area contributed by atoms with Gasteiger partial charge in [0.05, 0.1) is 9.52 Å². The highest BCUT2D eigenvalue weighted by atomic mass is 28.2. The van der Waals surface area contributed by atoms with E-state index < -0.39 is 0 Å². The van der Waals surface area contributed by atoms with Crippen LogP contribution in [-0.4, -0.2) is 9.52 Å². The third-order valence-corrected chi connectivity index (χ3v) is 2.02. The summed E-state index contributed by atoms with van der Waals surface area (Å²) in [5.74, 6) is 0. The Morgan fingerprint density at radius 1 is 1.30 bits per heavy atom. The van der Waals surface area contributed by atoms with E-state index in [9.17, 15) is 0 Å². The van der Waals surface area contributed by atoms with Crippen LogP contribution in [0.25, 0.3) is 0 Å². The van der Waals surface area contributed by atoms with Gasteiger partial charge in [-0.05, 0) is 24.5 Å². The normalized spacial score (nSPS) is 10.5. The molecule has 0 aliphatic carbocycles. The van der Waals surface area contributed by atoms with Crippen LogP contribution in [0.2, 0.25) is 5.04 Å². The van der Waals surface area contributed by atoms with Gasteiger partial charge in [-0.25, -0.2) is 0 Å². The molecule has 0 fully saturated rings. The van der Waals surface area contributed by atoms with Crippen molar-refractivity contribution in [3.8, 4) is 0 Å². The van der Waals surface area contributed by atoms with Crippen LogP contribution in [0.15, 0.2) is 17.0 Å². The summed E-state index contributed by atoms with van der Waals surface area (Å²) in [6, 6.07) is 0. The second kappa shape index (κ2) is 3.80. The van der Waals surface area contributed by atoms with Crippen LogP contribution in [-0.2, 0) is 0 Å². The Hall–Kier alpha value is -0.263. The zero-order valence-electron chi connectivity index (χ0n) is 7.58. The van der Waals surface area contributed by atoms with Crippen LogP contribution < -0.4 is 0 Å². The quantitative estimate of drug-likeness (QED) is 0.400. The lowest BCUT2D eigenvalue weighted by Crippen LogP contribution is -2.04. The summed E-state index contributed by atoms with van der Waals surface area (Å²) < 4.78 is 0. The lowest BCUT2D eigenvalue weighted by atomic mass is 10.3. The molecule has 0 N–H and O–H groups in total. The van der Waals surface area contributed by atoms with Crippen LogP contribution in [0.4, 0.5) is 0 Å². The maximum Gasteiger partial charge on any atom is 0.0874 e. The highest BCUT2D eigenvalue weighted by Crippen LogP contribution is 2.19. The average Bonchev–Trinajstić information content (AvgIpc) is 1.59. The first kappa shape index (κ1) is 9.74. The van der Waals surface area contributed by atoms with Crippen molar-refractivity contribution >= 4 is 9.52 Å². The summed E-state index contributed by atoms with van der Waals surface area (Å²) in [6.07, 6.45) is 0. The third kappa shape index (κ3) is 7.74. The van der Waals surface area contributed by atoms with Gasteiger partial charge in [-0.1, -0.05) is 26.5 Å². The Bertz CT molecular complexity index is 150. The summed E-state index contributed by atoms with van der Waals surface area (Å²) >= 11 is 0. The minimum Gasteiger partial charge on any atom is -0.132 e. The van der Waals surface area contributed by atoms with Crippen molar-refractivity contribution in [2.24, 2.45) is 0 Å². The Morgan fingerprint density at radius 3 is 2.10 bits per heavy atom. The molecule has 0 saturated carbocycles. The Balaban J connectivity index is 3.87. The summed E-state index contributed by atoms with van der Waals surface area (Å²) in [5, 5.41) is 0.433. The molecule has 0 bridgehead atoms. The van der Waals surface area contributed by atoms with Crippen molar-refractivity contribution < 1.29 is 0 Å². The number of hydrogen-bond donors (Lipinski definition) is 0. The molecule has 1 heteroatoms. The summed E-state index contributed by atoms with van der Waals surface area (Å²) in [6.45, 7) is 10.9. The molecule has 0 saturated heterocycles. The zero-order chi connectivity index (χ0) is 8.20. The third-order valence-electron chi connectivity index (χ3n) is 0.866. The fourth-order valence-electron chi connectivity index (χ4n) is 0.397. The summed E-state index contributed by atoms with van der Waals surface area (Å²) in [7, 11) is 0.877. The molecule has 0 unspecified atom stereocenters. The van der Waals surface area contributed by atoms with Gasteiger partial charge >= 0.3 is 0 Å². The lowest BCUT2D eigenvalue weighted by Gasteiger charge is -2.12. The van der Waals surface area contributed by atoms with Gasteiger partial charge in [0.2, 0.25) is 0 Å². The molecule has 0 rings (SSSR count). The van der Waals surface area contributed by atoms with Gasteiger partial charge in [0.15, 0.2) is 0 Å². The number of rotatable bonds is 1. The molecular weight excluding hydrogens is 136 g/mol. The van der Waals surface area contributed by atoms with Gasteiger partial charge in [-0.15, -0.1) is 5.73 Å². The maximum atomic E-state index is 3.21. The predicted octanol–water partition coefficient (Wildman–Crippen LogP) is 2.99. The molecule has 10 heavy (non-hydrogen) atoms. The van der Waals surface area contributed by atoms with Gasteiger partial charge in [-0.2, -0.15) is 0 Å². The second-order valence-electron chi connectivity index (χ2n) is 3.68. The van der Waals surface area contributed by atoms with E-state index in [2.05, 4.69) is 46.0 Å². The Kier molecular flexibility index (Phi) is 3.70. The van der Waals surface area contributed by atoms with Crippen molar-refractivity contribution in [1.29, 1.82) is 0 Å². The molecule has 0 aliphatic rings. The van der Waals surface area contributed by atoms with Crippen LogP contribution in [0.3, 0.4) is 0 Å². The van der Waals surface area contributed by atoms with E-state index in [0.717, 1.165) is 9.52 Å². The van der Waals surface area contributed by atoms with Gasteiger partial charge in [0.1, 0.15) is 0 Å². The van der Waals surface area contributed by atoms with E-state index in [1.54, 1.807) is 0 Å². The molecule has 0 aromatic heterocycles. The largest absolute Gasteiger partial charge is 0.132 e. The van der Waals surface area contributed by atoms with Gasteiger partial charge in [0, 0.05) is 0 Å². The smallest absolute Gasteiger partial charge is 0.0874 e. The van der Waals surface area contributed by atoms with Crippen LogP contribution >= 0.6 is 0 Å². The highest BCUT2D eigenvalue weighted by Gasteiger charge is 2.07. The van der Waals surface area contributed by atoms with E-state index in [1.165, 1.54) is 5.57 Å². The van der Waals surface area contributed by atoms with E-state index in [-0.39, 0.29) is 0 Å².